The highest BCUT2D eigenvalue weighted by atomic mass is 32.2. The fraction of sp³-hybridized carbons (Fsp3) is 1.00. The molecular formula is C17H32N2S. The highest BCUT2D eigenvalue weighted by molar-refractivity contribution is 7.99. The van der Waals surface area contributed by atoms with E-state index >= 15 is 0 Å². The number of rotatable bonds is 3. The largest absolute Gasteiger partial charge is 0.308 e. The Morgan fingerprint density at radius 1 is 1.20 bits per heavy atom. The van der Waals surface area contributed by atoms with Gasteiger partial charge in [0.15, 0.2) is 0 Å². The van der Waals surface area contributed by atoms with E-state index in [2.05, 4.69) is 35.2 Å². The van der Waals surface area contributed by atoms with Crippen LogP contribution in [0.2, 0.25) is 0 Å². The minimum Gasteiger partial charge on any atom is -0.308 e. The second-order valence-electron chi connectivity index (χ2n) is 7.28. The summed E-state index contributed by atoms with van der Waals surface area (Å²) < 4.78 is 0. The van der Waals surface area contributed by atoms with Crippen molar-refractivity contribution in [2.75, 3.05) is 19.3 Å². The summed E-state index contributed by atoms with van der Waals surface area (Å²) in [6.45, 7) is 4.94. The Morgan fingerprint density at radius 2 is 2.00 bits per heavy atom. The first-order chi connectivity index (χ1) is 9.76. The Kier molecular flexibility index (Phi) is 4.99. The minimum atomic E-state index is 0.474. The first-order valence-corrected chi connectivity index (χ1v) is 10.1. The summed E-state index contributed by atoms with van der Waals surface area (Å²) in [5, 5.41) is 4.89. The molecule has 0 amide bonds. The van der Waals surface area contributed by atoms with Gasteiger partial charge in [-0.1, -0.05) is 26.2 Å². The van der Waals surface area contributed by atoms with Crippen LogP contribution in [0.15, 0.2) is 0 Å². The van der Waals surface area contributed by atoms with Gasteiger partial charge in [0.1, 0.15) is 0 Å². The smallest absolute Gasteiger partial charge is 0.0309 e. The summed E-state index contributed by atoms with van der Waals surface area (Å²) >= 11 is 2.09. The van der Waals surface area contributed by atoms with Crippen molar-refractivity contribution in [3.8, 4) is 0 Å². The van der Waals surface area contributed by atoms with Crippen molar-refractivity contribution >= 4 is 11.8 Å². The second-order valence-corrected chi connectivity index (χ2v) is 8.42. The quantitative estimate of drug-likeness (QED) is 0.855. The van der Waals surface area contributed by atoms with Crippen LogP contribution in [0.3, 0.4) is 0 Å². The van der Waals surface area contributed by atoms with Crippen molar-refractivity contribution in [3.63, 3.8) is 0 Å². The molecule has 0 aromatic heterocycles. The van der Waals surface area contributed by atoms with Crippen molar-refractivity contribution in [2.45, 2.75) is 87.6 Å². The average Bonchev–Trinajstić information content (AvgIpc) is 2.97. The van der Waals surface area contributed by atoms with Gasteiger partial charge in [0.25, 0.3) is 0 Å². The van der Waals surface area contributed by atoms with Crippen LogP contribution in [0, 0.1) is 0 Å². The molecule has 0 aromatic carbocycles. The Hall–Kier alpha value is 0.270. The predicted octanol–water partition coefficient (Wildman–Crippen LogP) is 3.66. The molecule has 20 heavy (non-hydrogen) atoms. The molecule has 2 aliphatic carbocycles. The van der Waals surface area contributed by atoms with Crippen molar-refractivity contribution in [1.82, 2.24) is 10.2 Å². The third-order valence-corrected chi connectivity index (χ3v) is 7.20. The molecule has 3 atom stereocenters. The number of thioether (sulfide) groups is 1. The Labute approximate surface area is 129 Å². The normalized spacial score (nSPS) is 38.4. The number of hydrogen-bond acceptors (Lipinski definition) is 3. The van der Waals surface area contributed by atoms with Gasteiger partial charge in [0, 0.05) is 36.0 Å². The molecule has 0 aromatic rings. The molecule has 1 aliphatic heterocycles. The molecule has 0 radical (unpaired) electrons. The van der Waals surface area contributed by atoms with Crippen LogP contribution in [0.1, 0.15) is 64.7 Å². The molecule has 1 spiro atoms. The fourth-order valence-corrected chi connectivity index (χ4v) is 5.57. The lowest BCUT2D eigenvalue weighted by atomic mass is 9.78. The maximum Gasteiger partial charge on any atom is 0.0309 e. The van der Waals surface area contributed by atoms with Gasteiger partial charge in [-0.2, -0.15) is 11.8 Å². The molecule has 1 N–H and O–H groups in total. The molecule has 2 nitrogen and oxygen atoms in total. The van der Waals surface area contributed by atoms with Gasteiger partial charge >= 0.3 is 0 Å². The van der Waals surface area contributed by atoms with E-state index in [0.29, 0.717) is 5.54 Å². The molecule has 1 heterocycles. The van der Waals surface area contributed by atoms with Gasteiger partial charge in [-0.25, -0.2) is 0 Å². The standard InChI is InChI=1S/C17H32N2S/c1-3-14-12-18-17(9-5-4-6-10-17)13-19(14)15-7-8-16(11-15)20-2/h14-16,18H,3-13H2,1-2H3. The molecule has 0 bridgehead atoms. The Bertz CT molecular complexity index is 314. The lowest BCUT2D eigenvalue weighted by molar-refractivity contribution is 0.0243. The zero-order valence-electron chi connectivity index (χ0n) is 13.4. The third-order valence-electron chi connectivity index (χ3n) is 6.11. The molecular weight excluding hydrogens is 264 g/mol. The van der Waals surface area contributed by atoms with Gasteiger partial charge in [-0.05, 0) is 44.8 Å². The maximum absolute atomic E-state index is 3.97. The highest BCUT2D eigenvalue weighted by Crippen LogP contribution is 2.38. The third kappa shape index (κ3) is 3.05. The van der Waals surface area contributed by atoms with Crippen LogP contribution >= 0.6 is 11.8 Å². The lowest BCUT2D eigenvalue weighted by Gasteiger charge is -2.51. The summed E-state index contributed by atoms with van der Waals surface area (Å²) in [5.41, 5.74) is 0.474. The highest BCUT2D eigenvalue weighted by Gasteiger charge is 2.43. The number of nitrogens with zero attached hydrogens (tertiary/aromatic N) is 1. The topological polar surface area (TPSA) is 15.3 Å². The monoisotopic (exact) mass is 296 g/mol. The van der Waals surface area contributed by atoms with E-state index < -0.39 is 0 Å². The van der Waals surface area contributed by atoms with Crippen LogP contribution in [0.25, 0.3) is 0 Å². The van der Waals surface area contributed by atoms with E-state index in [-0.39, 0.29) is 0 Å². The lowest BCUT2D eigenvalue weighted by Crippen LogP contribution is -2.66. The summed E-state index contributed by atoms with van der Waals surface area (Å²) in [7, 11) is 0. The van der Waals surface area contributed by atoms with Crippen molar-refractivity contribution in [1.29, 1.82) is 0 Å². The van der Waals surface area contributed by atoms with Gasteiger partial charge in [0.05, 0.1) is 0 Å². The van der Waals surface area contributed by atoms with Crippen LogP contribution < -0.4 is 5.32 Å². The van der Waals surface area contributed by atoms with E-state index in [1.54, 1.807) is 0 Å². The van der Waals surface area contributed by atoms with Gasteiger partial charge in [-0.15, -0.1) is 0 Å². The summed E-state index contributed by atoms with van der Waals surface area (Å²) in [5.74, 6) is 0. The molecule has 3 unspecified atom stereocenters. The molecule has 1 saturated heterocycles. The molecule has 3 rings (SSSR count). The Morgan fingerprint density at radius 3 is 2.65 bits per heavy atom. The summed E-state index contributed by atoms with van der Waals surface area (Å²) in [4.78, 5) is 2.93. The van der Waals surface area contributed by atoms with Crippen LogP contribution in [0.5, 0.6) is 0 Å². The van der Waals surface area contributed by atoms with E-state index in [4.69, 9.17) is 0 Å². The number of nitrogens with one attached hydrogen (secondary N) is 1. The zero-order valence-corrected chi connectivity index (χ0v) is 14.2. The second kappa shape index (κ2) is 6.58. The van der Waals surface area contributed by atoms with E-state index in [0.717, 1.165) is 17.3 Å². The van der Waals surface area contributed by atoms with Crippen LogP contribution in [-0.4, -0.2) is 47.1 Å². The summed E-state index contributed by atoms with van der Waals surface area (Å²) in [6.07, 6.45) is 15.1. The minimum absolute atomic E-state index is 0.474. The van der Waals surface area contributed by atoms with Crippen molar-refractivity contribution in [3.05, 3.63) is 0 Å². The van der Waals surface area contributed by atoms with Crippen LogP contribution in [0.4, 0.5) is 0 Å². The Balaban J connectivity index is 1.68. The van der Waals surface area contributed by atoms with Crippen LogP contribution in [-0.2, 0) is 0 Å². The molecule has 3 aliphatic rings. The zero-order chi connectivity index (χ0) is 14.0. The SMILES string of the molecule is CCC1CNC2(CCCCC2)CN1C1CCC(SC)C1. The maximum atomic E-state index is 3.97. The average molecular weight is 297 g/mol. The summed E-state index contributed by atoms with van der Waals surface area (Å²) in [6, 6.07) is 1.66. The first-order valence-electron chi connectivity index (χ1n) is 8.80. The van der Waals surface area contributed by atoms with Crippen molar-refractivity contribution < 1.29 is 0 Å². The molecule has 2 saturated carbocycles. The van der Waals surface area contributed by atoms with E-state index in [1.165, 1.54) is 70.9 Å². The molecule has 3 fully saturated rings. The predicted molar refractivity (Wildman–Crippen MR) is 89.5 cm³/mol. The van der Waals surface area contributed by atoms with Crippen molar-refractivity contribution in [2.24, 2.45) is 0 Å². The first kappa shape index (κ1) is 15.2. The number of hydrogen-bond donors (Lipinski definition) is 1. The number of piperazine rings is 1. The fourth-order valence-electron chi connectivity index (χ4n) is 4.79. The van der Waals surface area contributed by atoms with Gasteiger partial charge in [0.2, 0.25) is 0 Å². The molecule has 116 valence electrons. The van der Waals surface area contributed by atoms with E-state index in [9.17, 15) is 0 Å². The van der Waals surface area contributed by atoms with E-state index in [1.807, 2.05) is 0 Å². The van der Waals surface area contributed by atoms with Gasteiger partial charge in [-0.3, -0.25) is 4.90 Å². The van der Waals surface area contributed by atoms with Gasteiger partial charge < -0.3 is 5.32 Å². The molecule has 3 heteroatoms.